The van der Waals surface area contributed by atoms with Crippen molar-refractivity contribution in [1.82, 2.24) is 0 Å². The molecule has 0 radical (unpaired) electrons. The third kappa shape index (κ3) is 5.73. The molecule has 4 atom stereocenters. The number of hydrogen-bond donors (Lipinski definition) is 1. The van der Waals surface area contributed by atoms with E-state index in [4.69, 9.17) is 9.47 Å². The van der Waals surface area contributed by atoms with Crippen LogP contribution in [0.1, 0.15) is 72.6 Å². The van der Waals surface area contributed by atoms with Crippen molar-refractivity contribution in [2.45, 2.75) is 72.6 Å². The molecule has 0 heterocycles. The van der Waals surface area contributed by atoms with Gasteiger partial charge in [0.25, 0.3) is 0 Å². The first-order valence-corrected chi connectivity index (χ1v) is 10.8. The summed E-state index contributed by atoms with van der Waals surface area (Å²) in [7, 11) is 0. The quantitative estimate of drug-likeness (QED) is 0.348. The number of aliphatic carboxylic acids is 1. The molecule has 1 N–H and O–H groups in total. The van der Waals surface area contributed by atoms with Gasteiger partial charge in [0, 0.05) is 25.3 Å². The van der Waals surface area contributed by atoms with Crippen molar-refractivity contribution < 1.29 is 29.0 Å². The lowest BCUT2D eigenvalue weighted by Gasteiger charge is -2.58. The van der Waals surface area contributed by atoms with Gasteiger partial charge in [-0.05, 0) is 61.3 Å². The molecule has 30 heavy (non-hydrogen) atoms. The van der Waals surface area contributed by atoms with Crippen molar-refractivity contribution in [1.29, 1.82) is 0 Å². The average molecular weight is 421 g/mol. The van der Waals surface area contributed by atoms with Crippen LogP contribution in [-0.4, -0.2) is 36.2 Å². The molecule has 6 heteroatoms. The van der Waals surface area contributed by atoms with E-state index in [1.807, 2.05) is 0 Å². The molecule has 0 bridgehead atoms. The predicted octanol–water partition coefficient (Wildman–Crippen LogP) is 4.68. The Balaban J connectivity index is 2.20. The maximum Gasteiger partial charge on any atom is 0.328 e. The summed E-state index contributed by atoms with van der Waals surface area (Å²) in [4.78, 5) is 33.8. The fraction of sp³-hybridized carbons (Fsp3) is 0.708. The number of carboxylic acids is 1. The van der Waals surface area contributed by atoms with Gasteiger partial charge in [-0.3, -0.25) is 9.59 Å². The van der Waals surface area contributed by atoms with Crippen LogP contribution >= 0.6 is 0 Å². The van der Waals surface area contributed by atoms with Crippen molar-refractivity contribution in [3.8, 4) is 0 Å². The monoisotopic (exact) mass is 420 g/mol. The molecule has 168 valence electrons. The zero-order valence-electron chi connectivity index (χ0n) is 18.8. The summed E-state index contributed by atoms with van der Waals surface area (Å²) in [5, 5.41) is 9.17. The van der Waals surface area contributed by atoms with Crippen LogP contribution in [0.25, 0.3) is 0 Å². The molecular formula is C24H36O6. The minimum atomic E-state index is -1.03. The van der Waals surface area contributed by atoms with Crippen molar-refractivity contribution in [3.63, 3.8) is 0 Å². The lowest BCUT2D eigenvalue weighted by molar-refractivity contribution is -0.152. The van der Waals surface area contributed by atoms with Gasteiger partial charge in [-0.1, -0.05) is 32.4 Å². The molecule has 0 aliphatic heterocycles. The number of carboxylic acid groups (broad SMARTS) is 1. The van der Waals surface area contributed by atoms with Crippen molar-refractivity contribution in [3.05, 3.63) is 23.8 Å². The van der Waals surface area contributed by atoms with Crippen LogP contribution in [-0.2, 0) is 23.9 Å². The third-order valence-corrected chi connectivity index (χ3v) is 7.29. The van der Waals surface area contributed by atoms with Gasteiger partial charge in [-0.25, -0.2) is 4.79 Å². The molecule has 0 spiro atoms. The van der Waals surface area contributed by atoms with Crippen LogP contribution in [0.15, 0.2) is 23.8 Å². The number of carbonyl (C=O) groups is 3. The molecule has 2 rings (SSSR count). The van der Waals surface area contributed by atoms with Gasteiger partial charge in [0.15, 0.2) is 0 Å². The Morgan fingerprint density at radius 3 is 2.43 bits per heavy atom. The normalized spacial score (nSPS) is 31.6. The van der Waals surface area contributed by atoms with Crippen LogP contribution in [0.3, 0.4) is 0 Å². The first-order chi connectivity index (χ1) is 14.0. The third-order valence-electron chi connectivity index (χ3n) is 7.29. The largest absolute Gasteiger partial charge is 0.478 e. The Bertz CT molecular complexity index is 723. The second-order valence-corrected chi connectivity index (χ2v) is 9.56. The second kappa shape index (κ2) is 9.80. The minimum Gasteiger partial charge on any atom is -0.478 e. The molecule has 0 amide bonds. The van der Waals surface area contributed by atoms with Gasteiger partial charge in [0.1, 0.15) is 6.61 Å². The number of esters is 2. The van der Waals surface area contributed by atoms with Crippen LogP contribution in [0.5, 0.6) is 0 Å². The van der Waals surface area contributed by atoms with E-state index in [1.165, 1.54) is 19.4 Å². The standard InChI is InChI=1S/C24H36O6/c1-16-7-10-21-23(4,15-30-18(3)26)11-6-12-24(21,5)20(16)9-8-19(13-22(27)28)14-29-17(2)25/h13,20-21H,1,6-12,14-15H2,2-5H3,(H,27,28). The summed E-state index contributed by atoms with van der Waals surface area (Å²) in [5.41, 5.74) is 1.79. The van der Waals surface area contributed by atoms with Gasteiger partial charge in [-0.15, -0.1) is 0 Å². The van der Waals surface area contributed by atoms with Gasteiger partial charge in [-0.2, -0.15) is 0 Å². The highest BCUT2D eigenvalue weighted by atomic mass is 16.5. The summed E-state index contributed by atoms with van der Waals surface area (Å²) in [6.07, 6.45) is 7.63. The topological polar surface area (TPSA) is 89.9 Å². The smallest absolute Gasteiger partial charge is 0.328 e. The second-order valence-electron chi connectivity index (χ2n) is 9.56. The highest BCUT2D eigenvalue weighted by molar-refractivity contribution is 5.80. The maximum atomic E-state index is 11.4. The SMILES string of the molecule is C=C1CCC2C(C)(COC(C)=O)CCCC2(C)C1CCC(=CC(=O)O)COC(C)=O. The Morgan fingerprint density at radius 1 is 1.17 bits per heavy atom. The molecule has 2 fully saturated rings. The molecule has 0 aromatic heterocycles. The number of rotatable bonds is 8. The van der Waals surface area contributed by atoms with Gasteiger partial charge < -0.3 is 14.6 Å². The first-order valence-electron chi connectivity index (χ1n) is 10.8. The summed E-state index contributed by atoms with van der Waals surface area (Å²) >= 11 is 0. The zero-order chi connectivity index (χ0) is 22.5. The van der Waals surface area contributed by atoms with Crippen molar-refractivity contribution >= 4 is 17.9 Å². The van der Waals surface area contributed by atoms with Gasteiger partial charge in [0.05, 0.1) is 6.61 Å². The fourth-order valence-electron chi connectivity index (χ4n) is 5.94. The highest BCUT2D eigenvalue weighted by Gasteiger charge is 2.54. The van der Waals surface area contributed by atoms with Gasteiger partial charge >= 0.3 is 17.9 Å². The lowest BCUT2D eigenvalue weighted by atomic mass is 9.47. The Morgan fingerprint density at radius 2 is 1.83 bits per heavy atom. The number of allylic oxidation sites excluding steroid dienone is 1. The number of carbonyl (C=O) groups excluding carboxylic acids is 2. The van der Waals surface area contributed by atoms with Crippen LogP contribution < -0.4 is 0 Å². The molecule has 2 aliphatic carbocycles. The van der Waals surface area contributed by atoms with E-state index in [0.29, 0.717) is 24.5 Å². The zero-order valence-corrected chi connectivity index (χ0v) is 18.8. The average Bonchev–Trinajstić information content (AvgIpc) is 2.63. The van der Waals surface area contributed by atoms with Crippen molar-refractivity contribution in [2.75, 3.05) is 13.2 Å². The van der Waals surface area contributed by atoms with Crippen LogP contribution in [0, 0.1) is 22.7 Å². The van der Waals surface area contributed by atoms with Crippen LogP contribution in [0.2, 0.25) is 0 Å². The van der Waals surface area contributed by atoms with E-state index in [-0.39, 0.29) is 29.3 Å². The van der Waals surface area contributed by atoms with Crippen LogP contribution in [0.4, 0.5) is 0 Å². The number of ether oxygens (including phenoxy) is 2. The molecule has 0 aromatic carbocycles. The van der Waals surface area contributed by atoms with E-state index >= 15 is 0 Å². The maximum absolute atomic E-state index is 11.4. The highest BCUT2D eigenvalue weighted by Crippen LogP contribution is 2.62. The minimum absolute atomic E-state index is 0.00510. The molecule has 0 aromatic rings. The summed E-state index contributed by atoms with van der Waals surface area (Å²) in [5.74, 6) is -1.03. The van der Waals surface area contributed by atoms with E-state index in [1.54, 1.807) is 0 Å². The molecule has 2 saturated carbocycles. The number of hydrogen-bond acceptors (Lipinski definition) is 5. The van der Waals surface area contributed by atoms with Crippen molar-refractivity contribution in [2.24, 2.45) is 22.7 Å². The van der Waals surface area contributed by atoms with E-state index in [2.05, 4.69) is 20.4 Å². The van der Waals surface area contributed by atoms with E-state index < -0.39 is 11.9 Å². The summed E-state index contributed by atoms with van der Waals surface area (Å²) in [6.45, 7) is 12.1. The Hall–Kier alpha value is -2.11. The first kappa shape index (κ1) is 24.2. The number of fused-ring (bicyclic) bond motifs is 1. The van der Waals surface area contributed by atoms with E-state index in [9.17, 15) is 19.5 Å². The van der Waals surface area contributed by atoms with Gasteiger partial charge in [0.2, 0.25) is 0 Å². The van der Waals surface area contributed by atoms with E-state index in [0.717, 1.165) is 44.6 Å². The Labute approximate surface area is 179 Å². The molecule has 2 aliphatic rings. The Kier molecular flexibility index (Phi) is 7.89. The molecule has 0 saturated heterocycles. The fourth-order valence-corrected chi connectivity index (χ4v) is 5.94. The molecule has 4 unspecified atom stereocenters. The molecule has 6 nitrogen and oxygen atoms in total. The molecular weight excluding hydrogens is 384 g/mol. The predicted molar refractivity (Wildman–Crippen MR) is 114 cm³/mol. The summed E-state index contributed by atoms with van der Waals surface area (Å²) in [6, 6.07) is 0. The summed E-state index contributed by atoms with van der Waals surface area (Å²) < 4.78 is 10.5. The lowest BCUT2D eigenvalue weighted by Crippen LogP contribution is -2.52.